The van der Waals surface area contributed by atoms with Gasteiger partial charge < -0.3 is 5.32 Å². The maximum absolute atomic E-state index is 12.9. The predicted molar refractivity (Wildman–Crippen MR) is 125 cm³/mol. The SMILES string of the molecule is CCc1ccc(NC(=O)c2nc(-c3cccc(Cl)c3)n(-c3cc(C)ccc3C)n2)cc1. The first kappa shape index (κ1) is 20.8. The number of carbonyl (C=O) groups is 1. The van der Waals surface area contributed by atoms with Crippen LogP contribution in [0.15, 0.2) is 66.7 Å². The predicted octanol–water partition coefficient (Wildman–Crippen LogP) is 6.02. The minimum Gasteiger partial charge on any atom is -0.319 e. The van der Waals surface area contributed by atoms with Crippen molar-refractivity contribution >= 4 is 23.2 Å². The molecular weight excluding hydrogens is 408 g/mol. The van der Waals surface area contributed by atoms with E-state index in [2.05, 4.69) is 22.3 Å². The van der Waals surface area contributed by atoms with Crippen molar-refractivity contribution in [1.29, 1.82) is 0 Å². The second-order valence-electron chi connectivity index (χ2n) is 7.48. The molecule has 0 aliphatic rings. The van der Waals surface area contributed by atoms with E-state index in [1.165, 1.54) is 5.56 Å². The van der Waals surface area contributed by atoms with Crippen LogP contribution in [-0.4, -0.2) is 20.7 Å². The summed E-state index contributed by atoms with van der Waals surface area (Å²) in [6.07, 6.45) is 0.943. The molecule has 1 amide bonds. The summed E-state index contributed by atoms with van der Waals surface area (Å²) in [6, 6.07) is 21.2. The number of halogens is 1. The molecular formula is C25H23ClN4O. The first-order chi connectivity index (χ1) is 14.9. The molecule has 0 spiro atoms. The third kappa shape index (κ3) is 4.52. The zero-order valence-corrected chi connectivity index (χ0v) is 18.4. The van der Waals surface area contributed by atoms with Gasteiger partial charge in [-0.25, -0.2) is 9.67 Å². The lowest BCUT2D eigenvalue weighted by Gasteiger charge is -2.10. The van der Waals surface area contributed by atoms with Crippen LogP contribution < -0.4 is 5.32 Å². The number of benzene rings is 3. The highest BCUT2D eigenvalue weighted by atomic mass is 35.5. The lowest BCUT2D eigenvalue weighted by Crippen LogP contribution is -2.14. The third-order valence-corrected chi connectivity index (χ3v) is 5.34. The fourth-order valence-electron chi connectivity index (χ4n) is 3.35. The van der Waals surface area contributed by atoms with E-state index in [0.29, 0.717) is 16.5 Å². The Labute approximate surface area is 186 Å². The van der Waals surface area contributed by atoms with Crippen LogP contribution in [0, 0.1) is 13.8 Å². The Morgan fingerprint density at radius 1 is 1.03 bits per heavy atom. The maximum Gasteiger partial charge on any atom is 0.295 e. The molecule has 0 fully saturated rings. The van der Waals surface area contributed by atoms with Crippen molar-refractivity contribution in [3.8, 4) is 17.1 Å². The van der Waals surface area contributed by atoms with E-state index in [9.17, 15) is 4.79 Å². The first-order valence-electron chi connectivity index (χ1n) is 10.2. The largest absolute Gasteiger partial charge is 0.319 e. The Hall–Kier alpha value is -3.44. The van der Waals surface area contributed by atoms with Crippen molar-refractivity contribution < 1.29 is 4.79 Å². The summed E-state index contributed by atoms with van der Waals surface area (Å²) >= 11 is 6.21. The number of hydrogen-bond acceptors (Lipinski definition) is 3. The molecule has 1 aromatic heterocycles. The molecule has 0 aliphatic carbocycles. The van der Waals surface area contributed by atoms with Crippen molar-refractivity contribution in [1.82, 2.24) is 14.8 Å². The minimum atomic E-state index is -0.364. The summed E-state index contributed by atoms with van der Waals surface area (Å²) < 4.78 is 1.71. The first-order valence-corrected chi connectivity index (χ1v) is 10.5. The zero-order chi connectivity index (χ0) is 22.0. The van der Waals surface area contributed by atoms with Gasteiger partial charge in [0, 0.05) is 16.3 Å². The summed E-state index contributed by atoms with van der Waals surface area (Å²) in [6.45, 7) is 6.12. The Morgan fingerprint density at radius 3 is 2.52 bits per heavy atom. The van der Waals surface area contributed by atoms with Crippen LogP contribution in [-0.2, 0) is 6.42 Å². The van der Waals surface area contributed by atoms with E-state index >= 15 is 0 Å². The minimum absolute atomic E-state index is 0.0930. The second kappa shape index (κ2) is 8.74. The highest BCUT2D eigenvalue weighted by Gasteiger charge is 2.20. The molecule has 0 unspecified atom stereocenters. The van der Waals surface area contributed by atoms with Gasteiger partial charge in [0.1, 0.15) is 0 Å². The van der Waals surface area contributed by atoms with Gasteiger partial charge in [0.2, 0.25) is 5.82 Å². The Balaban J connectivity index is 1.77. The molecule has 4 rings (SSSR count). The third-order valence-electron chi connectivity index (χ3n) is 5.11. The van der Waals surface area contributed by atoms with Crippen LogP contribution in [0.4, 0.5) is 5.69 Å². The van der Waals surface area contributed by atoms with Crippen LogP contribution >= 0.6 is 11.6 Å². The van der Waals surface area contributed by atoms with Gasteiger partial charge in [0.15, 0.2) is 5.82 Å². The molecule has 1 heterocycles. The van der Waals surface area contributed by atoms with Crippen LogP contribution in [0.5, 0.6) is 0 Å². The van der Waals surface area contributed by atoms with E-state index in [4.69, 9.17) is 11.6 Å². The Kier molecular flexibility index (Phi) is 5.87. The van der Waals surface area contributed by atoms with Gasteiger partial charge in [-0.05, 0) is 67.3 Å². The Morgan fingerprint density at radius 2 is 1.81 bits per heavy atom. The molecule has 1 N–H and O–H groups in total. The Bertz CT molecular complexity index is 1240. The summed E-state index contributed by atoms with van der Waals surface area (Å²) in [5.41, 5.74) is 5.69. The number of rotatable bonds is 5. The lowest BCUT2D eigenvalue weighted by molar-refractivity contribution is 0.101. The van der Waals surface area contributed by atoms with E-state index in [1.807, 2.05) is 74.5 Å². The smallest absolute Gasteiger partial charge is 0.295 e. The highest BCUT2D eigenvalue weighted by Crippen LogP contribution is 2.26. The molecule has 0 saturated carbocycles. The normalized spacial score (nSPS) is 10.8. The van der Waals surface area contributed by atoms with Gasteiger partial charge in [-0.3, -0.25) is 4.79 Å². The quantitative estimate of drug-likeness (QED) is 0.421. The highest BCUT2D eigenvalue weighted by molar-refractivity contribution is 6.30. The van der Waals surface area contributed by atoms with Crippen molar-refractivity contribution in [3.63, 3.8) is 0 Å². The molecule has 0 saturated heterocycles. The molecule has 4 aromatic rings. The lowest BCUT2D eigenvalue weighted by atomic mass is 10.1. The summed E-state index contributed by atoms with van der Waals surface area (Å²) in [5, 5.41) is 8.05. The van der Waals surface area contributed by atoms with Gasteiger partial charge in [0.25, 0.3) is 5.91 Å². The average molecular weight is 431 g/mol. The number of aryl methyl sites for hydroxylation is 3. The fraction of sp³-hybridized carbons (Fsp3) is 0.160. The van der Waals surface area contributed by atoms with E-state index in [0.717, 1.165) is 28.8 Å². The van der Waals surface area contributed by atoms with Gasteiger partial charge >= 0.3 is 0 Å². The van der Waals surface area contributed by atoms with Gasteiger partial charge in [-0.2, -0.15) is 0 Å². The summed E-state index contributed by atoms with van der Waals surface area (Å²) in [7, 11) is 0. The number of amides is 1. The molecule has 156 valence electrons. The standard InChI is InChI=1S/C25H23ClN4O/c1-4-18-10-12-21(13-11-18)27-25(31)23-28-24(19-6-5-7-20(26)15-19)30(29-23)22-14-16(2)8-9-17(22)3/h5-15H,4H2,1-3H3,(H,27,31). The molecule has 0 aliphatic heterocycles. The van der Waals surface area contributed by atoms with Crippen molar-refractivity contribution in [3.05, 3.63) is 94.3 Å². The van der Waals surface area contributed by atoms with Crippen LogP contribution in [0.1, 0.15) is 34.2 Å². The molecule has 0 bridgehead atoms. The van der Waals surface area contributed by atoms with Gasteiger partial charge in [-0.15, -0.1) is 5.10 Å². The van der Waals surface area contributed by atoms with Gasteiger partial charge in [-0.1, -0.05) is 54.9 Å². The number of hydrogen-bond donors (Lipinski definition) is 1. The number of aromatic nitrogens is 3. The number of anilines is 1. The second-order valence-corrected chi connectivity index (χ2v) is 7.91. The monoisotopic (exact) mass is 430 g/mol. The molecule has 0 radical (unpaired) electrons. The molecule has 5 nitrogen and oxygen atoms in total. The van der Waals surface area contributed by atoms with Crippen LogP contribution in [0.2, 0.25) is 5.02 Å². The van der Waals surface area contributed by atoms with Crippen molar-refractivity contribution in [2.45, 2.75) is 27.2 Å². The van der Waals surface area contributed by atoms with Gasteiger partial charge in [0.05, 0.1) is 5.69 Å². The number of carbonyl (C=O) groups excluding carboxylic acids is 1. The van der Waals surface area contributed by atoms with Crippen molar-refractivity contribution in [2.24, 2.45) is 0 Å². The van der Waals surface area contributed by atoms with Crippen LogP contribution in [0.3, 0.4) is 0 Å². The van der Waals surface area contributed by atoms with Crippen molar-refractivity contribution in [2.75, 3.05) is 5.32 Å². The van der Waals surface area contributed by atoms with E-state index < -0.39 is 0 Å². The molecule has 6 heteroatoms. The van der Waals surface area contributed by atoms with Crippen LogP contribution in [0.25, 0.3) is 17.1 Å². The maximum atomic E-state index is 12.9. The zero-order valence-electron chi connectivity index (χ0n) is 17.7. The number of nitrogens with zero attached hydrogens (tertiary/aromatic N) is 3. The molecule has 31 heavy (non-hydrogen) atoms. The summed E-state index contributed by atoms with van der Waals surface area (Å²) in [5.74, 6) is 0.287. The summed E-state index contributed by atoms with van der Waals surface area (Å²) in [4.78, 5) is 17.5. The molecule has 3 aromatic carbocycles. The van der Waals surface area contributed by atoms with E-state index in [-0.39, 0.29) is 11.7 Å². The average Bonchev–Trinajstić information content (AvgIpc) is 3.21. The number of nitrogens with one attached hydrogen (secondary N) is 1. The van der Waals surface area contributed by atoms with E-state index in [1.54, 1.807) is 10.7 Å². The molecule has 0 atom stereocenters. The fourth-order valence-corrected chi connectivity index (χ4v) is 3.54. The topological polar surface area (TPSA) is 59.8 Å².